The van der Waals surface area contributed by atoms with Gasteiger partial charge >= 0.3 is 0 Å². The average Bonchev–Trinajstić information content (AvgIpc) is 2.24. The highest BCUT2D eigenvalue weighted by Gasteiger charge is 2.02. The van der Waals surface area contributed by atoms with E-state index in [1.54, 1.807) is 0 Å². The predicted octanol–water partition coefficient (Wildman–Crippen LogP) is 4.24. The molecule has 0 atom stereocenters. The molecular formula is C14H13Cl. The van der Waals surface area contributed by atoms with Gasteiger partial charge in [0.2, 0.25) is 0 Å². The van der Waals surface area contributed by atoms with Gasteiger partial charge in [0.15, 0.2) is 0 Å². The standard InChI is InChI=1S/C14H13Cl/c1-11-6-2-3-7-12(11)10-13-8-4-5-9-14(13)15/h2-9H,10H2,1H3. The van der Waals surface area contributed by atoms with Crippen molar-refractivity contribution in [3.05, 3.63) is 70.2 Å². The molecule has 0 spiro atoms. The zero-order valence-corrected chi connectivity index (χ0v) is 9.46. The largest absolute Gasteiger partial charge is 0.0840 e. The third-order valence-electron chi connectivity index (χ3n) is 2.60. The van der Waals surface area contributed by atoms with Crippen molar-refractivity contribution in [2.75, 3.05) is 0 Å². The minimum atomic E-state index is 0.848. The Balaban J connectivity index is 2.30. The summed E-state index contributed by atoms with van der Waals surface area (Å²) >= 11 is 6.13. The molecule has 0 N–H and O–H groups in total. The van der Waals surface area contributed by atoms with Gasteiger partial charge in [0.25, 0.3) is 0 Å². The Hall–Kier alpha value is -1.27. The molecule has 2 aromatic rings. The first kappa shape index (κ1) is 10.3. The van der Waals surface area contributed by atoms with Crippen LogP contribution >= 0.6 is 11.6 Å². The van der Waals surface area contributed by atoms with Crippen molar-refractivity contribution in [3.63, 3.8) is 0 Å². The van der Waals surface area contributed by atoms with Crippen LogP contribution in [0.1, 0.15) is 16.7 Å². The van der Waals surface area contributed by atoms with Crippen LogP contribution < -0.4 is 0 Å². The van der Waals surface area contributed by atoms with E-state index in [-0.39, 0.29) is 0 Å². The van der Waals surface area contributed by atoms with E-state index in [9.17, 15) is 0 Å². The molecule has 0 nitrogen and oxygen atoms in total. The van der Waals surface area contributed by atoms with Gasteiger partial charge < -0.3 is 0 Å². The van der Waals surface area contributed by atoms with Crippen LogP contribution in [0.25, 0.3) is 0 Å². The number of halogens is 1. The summed E-state index contributed by atoms with van der Waals surface area (Å²) < 4.78 is 0. The maximum atomic E-state index is 6.13. The smallest absolute Gasteiger partial charge is 0.0441 e. The zero-order chi connectivity index (χ0) is 10.7. The van der Waals surface area contributed by atoms with Gasteiger partial charge in [-0.05, 0) is 36.1 Å². The van der Waals surface area contributed by atoms with Crippen molar-refractivity contribution in [2.24, 2.45) is 0 Å². The zero-order valence-electron chi connectivity index (χ0n) is 8.70. The van der Waals surface area contributed by atoms with E-state index in [2.05, 4.69) is 37.3 Å². The Kier molecular flexibility index (Phi) is 3.08. The van der Waals surface area contributed by atoms with Gasteiger partial charge in [0.1, 0.15) is 0 Å². The molecule has 15 heavy (non-hydrogen) atoms. The minimum absolute atomic E-state index is 0.848. The van der Waals surface area contributed by atoms with Gasteiger partial charge in [0.05, 0.1) is 0 Å². The van der Waals surface area contributed by atoms with Gasteiger partial charge in [-0.15, -0.1) is 0 Å². The summed E-state index contributed by atoms with van der Waals surface area (Å²) in [5, 5.41) is 0.848. The molecule has 2 rings (SSSR count). The lowest BCUT2D eigenvalue weighted by Gasteiger charge is -2.06. The molecule has 0 fully saturated rings. The summed E-state index contributed by atoms with van der Waals surface area (Å²) in [5.41, 5.74) is 3.84. The lowest BCUT2D eigenvalue weighted by Crippen LogP contribution is -1.91. The van der Waals surface area contributed by atoms with Crippen molar-refractivity contribution in [3.8, 4) is 0 Å². The van der Waals surface area contributed by atoms with Crippen LogP contribution in [0.4, 0.5) is 0 Å². The summed E-state index contributed by atoms with van der Waals surface area (Å²) in [6.07, 6.45) is 0.909. The first-order valence-electron chi connectivity index (χ1n) is 5.05. The first-order chi connectivity index (χ1) is 7.27. The average molecular weight is 217 g/mol. The molecule has 76 valence electrons. The number of rotatable bonds is 2. The van der Waals surface area contributed by atoms with Crippen LogP contribution in [0.2, 0.25) is 5.02 Å². The number of aryl methyl sites for hydroxylation is 1. The van der Waals surface area contributed by atoms with Gasteiger partial charge in [-0.25, -0.2) is 0 Å². The van der Waals surface area contributed by atoms with Gasteiger partial charge in [-0.2, -0.15) is 0 Å². The quantitative estimate of drug-likeness (QED) is 0.705. The van der Waals surface area contributed by atoms with E-state index in [0.29, 0.717) is 0 Å². The maximum Gasteiger partial charge on any atom is 0.0441 e. The second kappa shape index (κ2) is 4.50. The topological polar surface area (TPSA) is 0 Å². The van der Waals surface area contributed by atoms with E-state index in [0.717, 1.165) is 11.4 Å². The molecule has 1 heteroatoms. The fourth-order valence-electron chi connectivity index (χ4n) is 1.66. The van der Waals surface area contributed by atoms with Crippen LogP contribution in [0, 0.1) is 6.92 Å². The van der Waals surface area contributed by atoms with Crippen molar-refractivity contribution in [2.45, 2.75) is 13.3 Å². The molecule has 0 saturated carbocycles. The molecule has 0 heterocycles. The van der Waals surface area contributed by atoms with Crippen LogP contribution in [-0.4, -0.2) is 0 Å². The van der Waals surface area contributed by atoms with Crippen LogP contribution in [0.5, 0.6) is 0 Å². The van der Waals surface area contributed by atoms with E-state index in [4.69, 9.17) is 11.6 Å². The van der Waals surface area contributed by atoms with Gasteiger partial charge in [-0.1, -0.05) is 54.1 Å². The van der Waals surface area contributed by atoms with Crippen molar-refractivity contribution < 1.29 is 0 Å². The number of hydrogen-bond acceptors (Lipinski definition) is 0. The summed E-state index contributed by atoms with van der Waals surface area (Å²) in [6.45, 7) is 2.13. The van der Waals surface area contributed by atoms with Crippen LogP contribution in [-0.2, 0) is 6.42 Å². The number of hydrogen-bond donors (Lipinski definition) is 0. The summed E-state index contributed by atoms with van der Waals surface area (Å²) in [5.74, 6) is 0. The van der Waals surface area contributed by atoms with E-state index < -0.39 is 0 Å². The highest BCUT2D eigenvalue weighted by atomic mass is 35.5. The van der Waals surface area contributed by atoms with Crippen molar-refractivity contribution in [1.29, 1.82) is 0 Å². The van der Waals surface area contributed by atoms with E-state index >= 15 is 0 Å². The molecule has 0 unspecified atom stereocenters. The molecule has 0 aliphatic carbocycles. The fraction of sp³-hybridized carbons (Fsp3) is 0.143. The lowest BCUT2D eigenvalue weighted by atomic mass is 10.0. The lowest BCUT2D eigenvalue weighted by molar-refractivity contribution is 1.16. The summed E-state index contributed by atoms with van der Waals surface area (Å²) in [7, 11) is 0. The third kappa shape index (κ3) is 2.40. The van der Waals surface area contributed by atoms with Gasteiger partial charge in [-0.3, -0.25) is 0 Å². The molecule has 0 saturated heterocycles. The maximum absolute atomic E-state index is 6.13. The molecule has 0 aliphatic rings. The molecular weight excluding hydrogens is 204 g/mol. The Morgan fingerprint density at radius 1 is 0.867 bits per heavy atom. The monoisotopic (exact) mass is 216 g/mol. The molecule has 0 amide bonds. The minimum Gasteiger partial charge on any atom is -0.0840 e. The normalized spacial score (nSPS) is 10.3. The fourth-order valence-corrected chi connectivity index (χ4v) is 1.86. The highest BCUT2D eigenvalue weighted by molar-refractivity contribution is 6.31. The molecule has 2 aromatic carbocycles. The second-order valence-corrected chi connectivity index (χ2v) is 4.10. The first-order valence-corrected chi connectivity index (χ1v) is 5.43. The van der Waals surface area contributed by atoms with Gasteiger partial charge in [0, 0.05) is 5.02 Å². The van der Waals surface area contributed by atoms with Crippen molar-refractivity contribution >= 4 is 11.6 Å². The Bertz CT molecular complexity index is 417. The molecule has 0 bridgehead atoms. The third-order valence-corrected chi connectivity index (χ3v) is 2.97. The Morgan fingerprint density at radius 2 is 1.47 bits per heavy atom. The van der Waals surface area contributed by atoms with Crippen LogP contribution in [0.3, 0.4) is 0 Å². The molecule has 0 radical (unpaired) electrons. The predicted molar refractivity (Wildman–Crippen MR) is 65.4 cm³/mol. The Morgan fingerprint density at radius 3 is 2.13 bits per heavy atom. The van der Waals surface area contributed by atoms with E-state index in [1.807, 2.05) is 18.2 Å². The van der Waals surface area contributed by atoms with Crippen molar-refractivity contribution in [1.82, 2.24) is 0 Å². The van der Waals surface area contributed by atoms with Crippen LogP contribution in [0.15, 0.2) is 48.5 Å². The second-order valence-electron chi connectivity index (χ2n) is 3.69. The SMILES string of the molecule is Cc1ccccc1Cc1ccccc1Cl. The number of benzene rings is 2. The summed E-state index contributed by atoms with van der Waals surface area (Å²) in [4.78, 5) is 0. The van der Waals surface area contributed by atoms with E-state index in [1.165, 1.54) is 16.7 Å². The Labute approximate surface area is 95.5 Å². The molecule has 0 aromatic heterocycles. The highest BCUT2D eigenvalue weighted by Crippen LogP contribution is 2.20. The molecule has 0 aliphatic heterocycles. The summed E-state index contributed by atoms with van der Waals surface area (Å²) in [6, 6.07) is 16.4.